The second-order valence-corrected chi connectivity index (χ2v) is 12.8. The third-order valence-corrected chi connectivity index (χ3v) is 9.68. The summed E-state index contributed by atoms with van der Waals surface area (Å²) in [4.78, 5) is 28.9. The molecule has 0 aromatic heterocycles. The van der Waals surface area contributed by atoms with Gasteiger partial charge in [-0.2, -0.15) is 0 Å². The van der Waals surface area contributed by atoms with E-state index in [-0.39, 0.29) is 29.1 Å². The molecule has 0 heterocycles. The first-order chi connectivity index (χ1) is 20.2. The molecule has 10 heteroatoms. The molecule has 8 nitrogen and oxygen atoms in total. The molecule has 0 unspecified atom stereocenters. The number of hydrogen-bond donors (Lipinski definition) is 1. The lowest BCUT2D eigenvalue weighted by Gasteiger charge is -2.33. The van der Waals surface area contributed by atoms with Gasteiger partial charge in [0.25, 0.3) is 10.0 Å². The van der Waals surface area contributed by atoms with Crippen LogP contribution in [0.15, 0.2) is 83.8 Å². The van der Waals surface area contributed by atoms with Gasteiger partial charge in [0.1, 0.15) is 18.3 Å². The van der Waals surface area contributed by atoms with E-state index in [0.717, 1.165) is 42.0 Å². The molecule has 1 saturated carbocycles. The van der Waals surface area contributed by atoms with Crippen molar-refractivity contribution in [1.29, 1.82) is 0 Å². The molecular formula is C32H38ClN3O5S. The molecule has 3 aromatic rings. The van der Waals surface area contributed by atoms with Gasteiger partial charge in [0, 0.05) is 17.6 Å². The molecule has 0 radical (unpaired) electrons. The van der Waals surface area contributed by atoms with Crippen molar-refractivity contribution in [3.8, 4) is 5.75 Å². The summed E-state index contributed by atoms with van der Waals surface area (Å²) in [6.07, 6.45) is 5.64. The SMILES string of the molecule is COc1ccc(S(=O)(=O)N(CC(=O)N(CCc2ccccc2)[C@H](C)C(=O)NC2CCCCC2)c2ccc(Cl)cc2)cc1. The first-order valence-corrected chi connectivity index (χ1v) is 16.1. The van der Waals surface area contributed by atoms with Crippen LogP contribution in [0.5, 0.6) is 5.75 Å². The maximum Gasteiger partial charge on any atom is 0.264 e. The highest BCUT2D eigenvalue weighted by molar-refractivity contribution is 7.92. The smallest absolute Gasteiger partial charge is 0.264 e. The predicted octanol–water partition coefficient (Wildman–Crippen LogP) is 5.45. The summed E-state index contributed by atoms with van der Waals surface area (Å²) < 4.78 is 34.1. The Labute approximate surface area is 253 Å². The molecule has 1 aliphatic carbocycles. The van der Waals surface area contributed by atoms with Gasteiger partial charge in [-0.1, -0.05) is 61.2 Å². The summed E-state index contributed by atoms with van der Waals surface area (Å²) in [5.41, 5.74) is 1.29. The highest BCUT2D eigenvalue weighted by Gasteiger charge is 2.33. The Kier molecular flexibility index (Phi) is 10.9. The Balaban J connectivity index is 1.63. The normalized spacial score (nSPS) is 14.5. The lowest BCUT2D eigenvalue weighted by Crippen LogP contribution is -2.53. The van der Waals surface area contributed by atoms with Crippen LogP contribution in [0.3, 0.4) is 0 Å². The van der Waals surface area contributed by atoms with E-state index in [4.69, 9.17) is 16.3 Å². The van der Waals surface area contributed by atoms with E-state index in [2.05, 4.69) is 5.32 Å². The fraction of sp³-hybridized carbons (Fsp3) is 0.375. The molecule has 1 aliphatic rings. The molecule has 224 valence electrons. The maximum absolute atomic E-state index is 14.0. The molecule has 42 heavy (non-hydrogen) atoms. The molecule has 0 spiro atoms. The number of benzene rings is 3. The van der Waals surface area contributed by atoms with Crippen LogP contribution < -0.4 is 14.4 Å². The zero-order chi connectivity index (χ0) is 30.1. The van der Waals surface area contributed by atoms with Crippen LogP contribution in [0.1, 0.15) is 44.6 Å². The number of ether oxygens (including phenoxy) is 1. The number of carbonyl (C=O) groups is 2. The average molecular weight is 612 g/mol. The molecule has 0 aliphatic heterocycles. The van der Waals surface area contributed by atoms with Crippen LogP contribution in [0, 0.1) is 0 Å². The quantitative estimate of drug-likeness (QED) is 0.294. The van der Waals surface area contributed by atoms with Crippen molar-refractivity contribution in [1.82, 2.24) is 10.2 Å². The van der Waals surface area contributed by atoms with E-state index in [0.29, 0.717) is 17.2 Å². The molecular weight excluding hydrogens is 574 g/mol. The van der Waals surface area contributed by atoms with Crippen molar-refractivity contribution in [2.45, 2.75) is 62.4 Å². The predicted molar refractivity (Wildman–Crippen MR) is 165 cm³/mol. The molecule has 1 atom stereocenters. The van der Waals surface area contributed by atoms with E-state index >= 15 is 0 Å². The highest BCUT2D eigenvalue weighted by atomic mass is 35.5. The lowest BCUT2D eigenvalue weighted by atomic mass is 9.95. The number of rotatable bonds is 12. The van der Waals surface area contributed by atoms with Gasteiger partial charge in [0.2, 0.25) is 11.8 Å². The van der Waals surface area contributed by atoms with Gasteiger partial charge in [-0.05, 0) is 80.3 Å². The standard InChI is InChI=1S/C32H38ClN3O5S/c1-24(32(38)34-27-11-7-4-8-12-27)35(22-21-25-9-5-3-6-10-25)31(37)23-36(28-15-13-26(33)14-16-28)42(39,40)30-19-17-29(41-2)18-20-30/h3,5-6,9-10,13-20,24,27H,4,7-8,11-12,21-23H2,1-2H3,(H,34,38)/t24-/m1/s1. The van der Waals surface area contributed by atoms with Crippen molar-refractivity contribution in [2.24, 2.45) is 0 Å². The Morgan fingerprint density at radius 3 is 2.21 bits per heavy atom. The van der Waals surface area contributed by atoms with E-state index in [1.165, 1.54) is 24.1 Å². The zero-order valence-electron chi connectivity index (χ0n) is 24.0. The van der Waals surface area contributed by atoms with Gasteiger partial charge in [-0.25, -0.2) is 8.42 Å². The Morgan fingerprint density at radius 1 is 0.952 bits per heavy atom. The molecule has 3 aromatic carbocycles. The third kappa shape index (κ3) is 8.04. The van der Waals surface area contributed by atoms with Crippen LogP contribution in [-0.4, -0.2) is 57.4 Å². The van der Waals surface area contributed by atoms with Crippen molar-refractivity contribution in [3.63, 3.8) is 0 Å². The number of carbonyl (C=O) groups excluding carboxylic acids is 2. The van der Waals surface area contributed by atoms with Gasteiger partial charge in [0.05, 0.1) is 17.7 Å². The topological polar surface area (TPSA) is 96.0 Å². The van der Waals surface area contributed by atoms with Gasteiger partial charge in [-0.3, -0.25) is 13.9 Å². The molecule has 0 saturated heterocycles. The fourth-order valence-corrected chi connectivity index (χ4v) is 6.69. The van der Waals surface area contributed by atoms with Crippen LogP contribution in [-0.2, 0) is 26.0 Å². The summed E-state index contributed by atoms with van der Waals surface area (Å²) >= 11 is 6.09. The highest BCUT2D eigenvalue weighted by Crippen LogP contribution is 2.27. The summed E-state index contributed by atoms with van der Waals surface area (Å²) in [5.74, 6) is -0.211. The number of halogens is 1. The fourth-order valence-electron chi connectivity index (χ4n) is 5.15. The number of amides is 2. The minimum Gasteiger partial charge on any atom is -0.497 e. The van der Waals surface area contributed by atoms with Crippen molar-refractivity contribution in [3.05, 3.63) is 89.4 Å². The van der Waals surface area contributed by atoms with Crippen molar-refractivity contribution >= 4 is 39.1 Å². The number of methoxy groups -OCH3 is 1. The second-order valence-electron chi connectivity index (χ2n) is 10.5. The van der Waals surface area contributed by atoms with Crippen molar-refractivity contribution < 1.29 is 22.7 Å². The first kappa shape index (κ1) is 31.4. The Bertz CT molecular complexity index is 1430. The minimum absolute atomic E-state index is 0.00461. The maximum atomic E-state index is 14.0. The van der Waals surface area contributed by atoms with E-state index in [1.54, 1.807) is 43.3 Å². The van der Waals surface area contributed by atoms with Gasteiger partial charge in [-0.15, -0.1) is 0 Å². The van der Waals surface area contributed by atoms with E-state index in [1.807, 2.05) is 30.3 Å². The van der Waals surface area contributed by atoms with Crippen LogP contribution in [0.4, 0.5) is 5.69 Å². The Morgan fingerprint density at radius 2 is 1.60 bits per heavy atom. The molecule has 1 fully saturated rings. The summed E-state index contributed by atoms with van der Waals surface area (Å²) in [7, 11) is -2.67. The molecule has 2 amide bonds. The average Bonchev–Trinajstić information content (AvgIpc) is 3.01. The number of nitrogens with zero attached hydrogens (tertiary/aromatic N) is 2. The van der Waals surface area contributed by atoms with Gasteiger partial charge >= 0.3 is 0 Å². The molecule has 0 bridgehead atoms. The van der Waals surface area contributed by atoms with E-state index in [9.17, 15) is 18.0 Å². The van der Waals surface area contributed by atoms with Crippen molar-refractivity contribution in [2.75, 3.05) is 24.5 Å². The summed E-state index contributed by atoms with van der Waals surface area (Å²) in [5, 5.41) is 3.55. The molecule has 1 N–H and O–H groups in total. The number of anilines is 1. The van der Waals surface area contributed by atoms with Gasteiger partial charge < -0.3 is 15.0 Å². The van der Waals surface area contributed by atoms with E-state index < -0.39 is 28.5 Å². The van der Waals surface area contributed by atoms with Crippen LogP contribution in [0.2, 0.25) is 5.02 Å². The Hall–Kier alpha value is -3.56. The number of hydrogen-bond acceptors (Lipinski definition) is 5. The second kappa shape index (κ2) is 14.6. The minimum atomic E-state index is -4.17. The monoisotopic (exact) mass is 611 g/mol. The summed E-state index contributed by atoms with van der Waals surface area (Å²) in [6, 6.07) is 21.2. The van der Waals surface area contributed by atoms with Crippen LogP contribution >= 0.6 is 11.6 Å². The lowest BCUT2D eigenvalue weighted by molar-refractivity contribution is -0.139. The van der Waals surface area contributed by atoms with Crippen LogP contribution in [0.25, 0.3) is 0 Å². The third-order valence-electron chi connectivity index (χ3n) is 7.64. The first-order valence-electron chi connectivity index (χ1n) is 14.2. The van der Waals surface area contributed by atoms with Gasteiger partial charge in [0.15, 0.2) is 0 Å². The summed E-state index contributed by atoms with van der Waals surface area (Å²) in [6.45, 7) is 1.45. The number of sulfonamides is 1. The zero-order valence-corrected chi connectivity index (χ0v) is 25.6. The number of nitrogens with one attached hydrogen (secondary N) is 1. The largest absolute Gasteiger partial charge is 0.497 e. The molecule has 4 rings (SSSR count).